The van der Waals surface area contributed by atoms with Crippen LogP contribution in [0.15, 0.2) is 60.2 Å². The highest BCUT2D eigenvalue weighted by atomic mass is 35.5. The van der Waals surface area contributed by atoms with Crippen LogP contribution in [-0.2, 0) is 4.79 Å². The number of nitrogens with zero attached hydrogens (tertiary/aromatic N) is 2. The van der Waals surface area contributed by atoms with Gasteiger partial charge in [-0.25, -0.2) is 0 Å². The van der Waals surface area contributed by atoms with Gasteiger partial charge in [0.25, 0.3) is 5.91 Å². The molecule has 0 atom stereocenters. The number of hydrogen-bond acceptors (Lipinski definition) is 2. The maximum absolute atomic E-state index is 12.5. The Labute approximate surface area is 173 Å². The Kier molecular flexibility index (Phi) is 5.89. The van der Waals surface area contributed by atoms with Gasteiger partial charge in [0.15, 0.2) is 0 Å². The minimum absolute atomic E-state index is 0.0197. The van der Waals surface area contributed by atoms with E-state index in [2.05, 4.69) is 5.32 Å². The van der Waals surface area contributed by atoms with Crippen molar-refractivity contribution in [2.75, 3.05) is 5.32 Å². The lowest BCUT2D eigenvalue weighted by molar-refractivity contribution is -0.112. The topological polar surface area (TPSA) is 57.8 Å². The number of rotatable bonds is 4. The van der Waals surface area contributed by atoms with Crippen molar-refractivity contribution < 1.29 is 4.79 Å². The average molecular weight is 410 g/mol. The number of anilines is 1. The summed E-state index contributed by atoms with van der Waals surface area (Å²) in [5.74, 6) is -0.471. The highest BCUT2D eigenvalue weighted by Crippen LogP contribution is 2.24. The number of nitrogens with one attached hydrogen (secondary N) is 1. The number of amides is 1. The molecular formula is C22H17Cl2N3O. The standard InChI is InChI=1S/C22H17Cl2N3O/c1-14-11-16(15(2)27(14)21-9-5-19(24)6-10-21)12-17(13-25)22(28)26-20-7-3-18(23)4-8-20/h3-12H,1-2H3,(H,26,28)/b17-12+. The number of aryl methyl sites for hydroxylation is 1. The Balaban J connectivity index is 1.91. The second-order valence-electron chi connectivity index (χ2n) is 6.27. The van der Waals surface area contributed by atoms with E-state index in [0.29, 0.717) is 15.7 Å². The molecule has 0 aliphatic carbocycles. The lowest BCUT2D eigenvalue weighted by atomic mass is 10.1. The van der Waals surface area contributed by atoms with Crippen molar-refractivity contribution >= 4 is 40.9 Å². The van der Waals surface area contributed by atoms with E-state index in [9.17, 15) is 10.1 Å². The van der Waals surface area contributed by atoms with Crippen molar-refractivity contribution in [3.63, 3.8) is 0 Å². The quantitative estimate of drug-likeness (QED) is 0.427. The minimum Gasteiger partial charge on any atom is -0.321 e. The molecule has 2 aromatic carbocycles. The van der Waals surface area contributed by atoms with E-state index < -0.39 is 5.91 Å². The Hall–Kier alpha value is -3.00. The fourth-order valence-corrected chi connectivity index (χ4v) is 3.21. The predicted octanol–water partition coefficient (Wildman–Crippen LogP) is 5.95. The van der Waals surface area contributed by atoms with Gasteiger partial charge in [-0.1, -0.05) is 23.2 Å². The number of halogens is 2. The number of aromatic nitrogens is 1. The van der Waals surface area contributed by atoms with Crippen LogP contribution in [0.25, 0.3) is 11.8 Å². The van der Waals surface area contributed by atoms with Crippen LogP contribution < -0.4 is 5.32 Å². The molecule has 4 nitrogen and oxygen atoms in total. The summed E-state index contributed by atoms with van der Waals surface area (Å²) in [7, 11) is 0. The molecule has 0 saturated heterocycles. The molecule has 140 valence electrons. The SMILES string of the molecule is Cc1cc(/C=C(\C#N)C(=O)Nc2ccc(Cl)cc2)c(C)n1-c1ccc(Cl)cc1. The summed E-state index contributed by atoms with van der Waals surface area (Å²) in [6, 6.07) is 18.1. The first-order chi connectivity index (χ1) is 13.4. The molecule has 0 aliphatic heterocycles. The smallest absolute Gasteiger partial charge is 0.266 e. The Morgan fingerprint density at radius 3 is 2.18 bits per heavy atom. The number of carbonyl (C=O) groups is 1. The maximum Gasteiger partial charge on any atom is 0.266 e. The van der Waals surface area contributed by atoms with Gasteiger partial charge in [0.1, 0.15) is 11.6 Å². The summed E-state index contributed by atoms with van der Waals surface area (Å²) in [4.78, 5) is 12.5. The van der Waals surface area contributed by atoms with Gasteiger partial charge in [-0.15, -0.1) is 0 Å². The summed E-state index contributed by atoms with van der Waals surface area (Å²) in [5, 5.41) is 13.4. The zero-order valence-corrected chi connectivity index (χ0v) is 16.8. The molecule has 0 radical (unpaired) electrons. The fraction of sp³-hybridized carbons (Fsp3) is 0.0909. The minimum atomic E-state index is -0.471. The van der Waals surface area contributed by atoms with Crippen LogP contribution in [0.5, 0.6) is 0 Å². The van der Waals surface area contributed by atoms with Gasteiger partial charge < -0.3 is 9.88 Å². The van der Waals surface area contributed by atoms with Gasteiger partial charge in [-0.2, -0.15) is 5.26 Å². The third-order valence-electron chi connectivity index (χ3n) is 4.32. The number of benzene rings is 2. The third-order valence-corrected chi connectivity index (χ3v) is 4.83. The summed E-state index contributed by atoms with van der Waals surface area (Å²) in [6.45, 7) is 3.91. The normalized spacial score (nSPS) is 11.2. The number of nitriles is 1. The molecule has 3 aromatic rings. The first-order valence-electron chi connectivity index (χ1n) is 8.52. The van der Waals surface area contributed by atoms with Crippen molar-refractivity contribution in [3.8, 4) is 11.8 Å². The van der Waals surface area contributed by atoms with Crippen LogP contribution in [0.3, 0.4) is 0 Å². The predicted molar refractivity (Wildman–Crippen MR) is 114 cm³/mol. The average Bonchev–Trinajstić information content (AvgIpc) is 2.95. The molecule has 6 heteroatoms. The van der Waals surface area contributed by atoms with E-state index >= 15 is 0 Å². The molecule has 0 spiro atoms. The van der Waals surface area contributed by atoms with E-state index in [1.165, 1.54) is 0 Å². The number of hydrogen-bond donors (Lipinski definition) is 1. The van der Waals surface area contributed by atoms with Gasteiger partial charge in [0, 0.05) is 32.8 Å². The second kappa shape index (κ2) is 8.35. The molecule has 0 unspecified atom stereocenters. The van der Waals surface area contributed by atoms with E-state index in [0.717, 1.165) is 22.6 Å². The Morgan fingerprint density at radius 2 is 1.61 bits per heavy atom. The molecule has 1 heterocycles. The summed E-state index contributed by atoms with van der Waals surface area (Å²) in [5.41, 5.74) is 4.26. The second-order valence-corrected chi connectivity index (χ2v) is 7.14. The first-order valence-corrected chi connectivity index (χ1v) is 9.28. The summed E-state index contributed by atoms with van der Waals surface area (Å²) < 4.78 is 2.05. The molecule has 1 amide bonds. The monoisotopic (exact) mass is 409 g/mol. The summed E-state index contributed by atoms with van der Waals surface area (Å²) >= 11 is 11.8. The molecular weight excluding hydrogens is 393 g/mol. The van der Waals surface area contributed by atoms with E-state index in [4.69, 9.17) is 23.2 Å². The van der Waals surface area contributed by atoms with Crippen LogP contribution in [0.4, 0.5) is 5.69 Å². The van der Waals surface area contributed by atoms with Crippen LogP contribution in [-0.4, -0.2) is 10.5 Å². The number of carbonyl (C=O) groups excluding carboxylic acids is 1. The lowest BCUT2D eigenvalue weighted by Gasteiger charge is -2.09. The van der Waals surface area contributed by atoms with Crippen molar-refractivity contribution in [2.45, 2.75) is 13.8 Å². The van der Waals surface area contributed by atoms with Crippen molar-refractivity contribution in [3.05, 3.63) is 87.2 Å². The molecule has 28 heavy (non-hydrogen) atoms. The van der Waals surface area contributed by atoms with E-state index in [-0.39, 0.29) is 5.57 Å². The van der Waals surface area contributed by atoms with Gasteiger partial charge in [0.05, 0.1) is 0 Å². The molecule has 3 rings (SSSR count). The first kappa shape index (κ1) is 19.8. The van der Waals surface area contributed by atoms with E-state index in [1.807, 2.05) is 54.8 Å². The van der Waals surface area contributed by atoms with Crippen LogP contribution in [0.1, 0.15) is 17.0 Å². The Bertz CT molecular complexity index is 1090. The van der Waals surface area contributed by atoms with Crippen molar-refractivity contribution in [1.29, 1.82) is 5.26 Å². The highest BCUT2D eigenvalue weighted by molar-refractivity contribution is 6.30. The fourth-order valence-electron chi connectivity index (χ4n) is 2.96. The lowest BCUT2D eigenvalue weighted by Crippen LogP contribution is -2.13. The van der Waals surface area contributed by atoms with Gasteiger partial charge in [-0.3, -0.25) is 4.79 Å². The van der Waals surface area contributed by atoms with Gasteiger partial charge in [0.2, 0.25) is 0 Å². The van der Waals surface area contributed by atoms with Gasteiger partial charge >= 0.3 is 0 Å². The van der Waals surface area contributed by atoms with E-state index in [1.54, 1.807) is 30.3 Å². The molecule has 1 N–H and O–H groups in total. The van der Waals surface area contributed by atoms with Crippen molar-refractivity contribution in [2.24, 2.45) is 0 Å². The maximum atomic E-state index is 12.5. The highest BCUT2D eigenvalue weighted by Gasteiger charge is 2.14. The molecule has 0 aliphatic rings. The van der Waals surface area contributed by atoms with Crippen LogP contribution in [0, 0.1) is 25.2 Å². The van der Waals surface area contributed by atoms with Gasteiger partial charge in [-0.05, 0) is 80.1 Å². The zero-order chi connectivity index (χ0) is 20.3. The Morgan fingerprint density at radius 1 is 1.04 bits per heavy atom. The van der Waals surface area contributed by atoms with Crippen LogP contribution >= 0.6 is 23.2 Å². The zero-order valence-electron chi connectivity index (χ0n) is 15.3. The molecule has 1 aromatic heterocycles. The third kappa shape index (κ3) is 4.28. The molecule has 0 bridgehead atoms. The molecule has 0 fully saturated rings. The largest absolute Gasteiger partial charge is 0.321 e. The molecule has 0 saturated carbocycles. The summed E-state index contributed by atoms with van der Waals surface area (Å²) in [6.07, 6.45) is 1.60. The van der Waals surface area contributed by atoms with Crippen LogP contribution in [0.2, 0.25) is 10.0 Å². The van der Waals surface area contributed by atoms with Crippen molar-refractivity contribution in [1.82, 2.24) is 4.57 Å².